The minimum absolute atomic E-state index is 0.0807. The molecule has 1 N–H and O–H groups in total. The van der Waals surface area contributed by atoms with Crippen molar-refractivity contribution in [1.82, 2.24) is 9.80 Å². The predicted molar refractivity (Wildman–Crippen MR) is 109 cm³/mol. The molecule has 5 heteroatoms. The fraction of sp³-hybridized carbons (Fsp3) is 0.591. The van der Waals surface area contributed by atoms with E-state index in [9.17, 15) is 9.90 Å². The molecule has 5 nitrogen and oxygen atoms in total. The van der Waals surface area contributed by atoms with Gasteiger partial charge in [-0.25, -0.2) is 0 Å². The van der Waals surface area contributed by atoms with E-state index in [0.29, 0.717) is 12.0 Å². The van der Waals surface area contributed by atoms with Crippen LogP contribution >= 0.6 is 0 Å². The molecule has 1 aromatic rings. The summed E-state index contributed by atoms with van der Waals surface area (Å²) in [6.45, 7) is 9.11. The molecule has 0 radical (unpaired) electrons. The zero-order valence-electron chi connectivity index (χ0n) is 16.9. The van der Waals surface area contributed by atoms with Crippen molar-refractivity contribution < 1.29 is 9.90 Å². The van der Waals surface area contributed by atoms with E-state index >= 15 is 0 Å². The lowest BCUT2D eigenvalue weighted by atomic mass is 9.74. The summed E-state index contributed by atoms with van der Waals surface area (Å²) in [6, 6.07) is 6.77. The van der Waals surface area contributed by atoms with Crippen LogP contribution in [-0.2, 0) is 4.79 Å². The number of likely N-dealkylation sites (N-methyl/N-ethyl adjacent to an activating group) is 1. The third kappa shape index (κ3) is 2.88. The van der Waals surface area contributed by atoms with Gasteiger partial charge in [0, 0.05) is 43.8 Å². The molecule has 2 aliphatic heterocycles. The molecule has 0 spiro atoms. The number of carbonyl (C=O) groups excluding carboxylic acids is 1. The summed E-state index contributed by atoms with van der Waals surface area (Å²) in [4.78, 5) is 19.4. The van der Waals surface area contributed by atoms with E-state index in [1.807, 2.05) is 25.7 Å². The second kappa shape index (κ2) is 6.95. The Bertz CT molecular complexity index is 769. The topological polar surface area (TPSA) is 47.0 Å². The summed E-state index contributed by atoms with van der Waals surface area (Å²) in [5.41, 5.74) is 5.10. The van der Waals surface area contributed by atoms with Crippen LogP contribution in [0.2, 0.25) is 0 Å². The number of anilines is 1. The van der Waals surface area contributed by atoms with E-state index < -0.39 is 6.23 Å². The van der Waals surface area contributed by atoms with Crippen LogP contribution in [0.1, 0.15) is 44.2 Å². The first-order valence-electron chi connectivity index (χ1n) is 10.2. The monoisotopic (exact) mass is 369 g/mol. The number of hydrogen-bond acceptors (Lipinski definition) is 4. The summed E-state index contributed by atoms with van der Waals surface area (Å²) >= 11 is 0. The van der Waals surface area contributed by atoms with E-state index in [1.165, 1.54) is 16.7 Å². The Morgan fingerprint density at radius 1 is 1.30 bits per heavy atom. The molecule has 27 heavy (non-hydrogen) atoms. The van der Waals surface area contributed by atoms with Crippen LogP contribution in [0, 0.1) is 5.92 Å². The quantitative estimate of drug-likeness (QED) is 0.886. The molecule has 0 saturated heterocycles. The van der Waals surface area contributed by atoms with Crippen molar-refractivity contribution in [1.29, 1.82) is 0 Å². The number of amides is 1. The maximum atomic E-state index is 13.0. The fourth-order valence-corrected chi connectivity index (χ4v) is 5.28. The smallest absolute Gasteiger partial charge is 0.230 e. The fourth-order valence-electron chi connectivity index (χ4n) is 5.28. The van der Waals surface area contributed by atoms with E-state index in [2.05, 4.69) is 41.1 Å². The van der Waals surface area contributed by atoms with Crippen molar-refractivity contribution >= 4 is 17.2 Å². The molecule has 146 valence electrons. The average molecular weight is 370 g/mol. The molecule has 0 fully saturated rings. The number of rotatable bonds is 4. The average Bonchev–Trinajstić information content (AvgIpc) is 3.04. The number of benzene rings is 1. The van der Waals surface area contributed by atoms with Crippen LogP contribution in [0.3, 0.4) is 0 Å². The van der Waals surface area contributed by atoms with Crippen molar-refractivity contribution in [2.24, 2.45) is 5.92 Å². The van der Waals surface area contributed by atoms with Gasteiger partial charge in [-0.1, -0.05) is 18.2 Å². The van der Waals surface area contributed by atoms with Crippen LogP contribution in [0.4, 0.5) is 5.69 Å². The summed E-state index contributed by atoms with van der Waals surface area (Å²) < 4.78 is 0. The minimum atomic E-state index is -0.479. The van der Waals surface area contributed by atoms with Gasteiger partial charge in [0.2, 0.25) is 5.91 Å². The maximum absolute atomic E-state index is 13.0. The minimum Gasteiger partial charge on any atom is -0.374 e. The number of hydrogen-bond donors (Lipinski definition) is 1. The van der Waals surface area contributed by atoms with Crippen LogP contribution in [0.15, 0.2) is 24.3 Å². The molecule has 1 amide bonds. The van der Waals surface area contributed by atoms with Crippen LogP contribution in [0.25, 0.3) is 5.57 Å². The first-order valence-corrected chi connectivity index (χ1v) is 10.2. The Labute approximate surface area is 162 Å². The van der Waals surface area contributed by atoms with Crippen LogP contribution in [-0.4, -0.2) is 66.3 Å². The van der Waals surface area contributed by atoms with Crippen molar-refractivity contribution in [3.05, 3.63) is 35.4 Å². The van der Waals surface area contributed by atoms with Gasteiger partial charge in [-0.3, -0.25) is 9.69 Å². The Hall–Kier alpha value is -1.85. The van der Waals surface area contributed by atoms with Gasteiger partial charge in [0.1, 0.15) is 6.23 Å². The summed E-state index contributed by atoms with van der Waals surface area (Å²) in [5, 5.41) is 10.2. The zero-order chi connectivity index (χ0) is 19.3. The van der Waals surface area contributed by atoms with Gasteiger partial charge in [-0.2, -0.15) is 0 Å². The third-order valence-electron chi connectivity index (χ3n) is 6.64. The van der Waals surface area contributed by atoms with Crippen LogP contribution < -0.4 is 4.90 Å². The lowest BCUT2D eigenvalue weighted by Crippen LogP contribution is -2.47. The van der Waals surface area contributed by atoms with Gasteiger partial charge >= 0.3 is 0 Å². The van der Waals surface area contributed by atoms with Gasteiger partial charge in [0.15, 0.2) is 0 Å². The van der Waals surface area contributed by atoms with E-state index in [0.717, 1.165) is 38.3 Å². The Morgan fingerprint density at radius 2 is 2.04 bits per heavy atom. The number of aliphatic hydroxyl groups excluding tert-OH is 1. The van der Waals surface area contributed by atoms with Crippen molar-refractivity contribution in [2.45, 2.75) is 45.4 Å². The van der Waals surface area contributed by atoms with Gasteiger partial charge < -0.3 is 14.9 Å². The first kappa shape index (κ1) is 18.5. The van der Waals surface area contributed by atoms with Crippen molar-refractivity contribution in [3.63, 3.8) is 0 Å². The van der Waals surface area contributed by atoms with Gasteiger partial charge in [0.25, 0.3) is 0 Å². The molecule has 0 aromatic heterocycles. The summed E-state index contributed by atoms with van der Waals surface area (Å²) in [6.07, 6.45) is 2.82. The highest BCUT2D eigenvalue weighted by Gasteiger charge is 2.43. The molecule has 4 atom stereocenters. The van der Waals surface area contributed by atoms with Gasteiger partial charge in [-0.05, 0) is 57.0 Å². The van der Waals surface area contributed by atoms with Crippen molar-refractivity contribution in [2.75, 3.05) is 38.1 Å². The SMILES string of the molecule is CCN(CC)C(=O)[C@@H]1C=C2c3cccc4c3C(C[C@H]2N(C)C1)CN4C(C)O. The standard InChI is InChI=1S/C22H31N3O2/c1-5-24(6-2)22(27)16-10-18-17-8-7-9-19-21(17)15(13-25(19)14(3)26)11-20(18)23(4)12-16/h7-10,14-16,20,26H,5-6,11-13H2,1-4H3/t14?,15?,16-,20-/m1/s1. The molecular formula is C22H31N3O2. The second-order valence-corrected chi connectivity index (χ2v) is 8.15. The molecule has 0 saturated carbocycles. The lowest BCUT2D eigenvalue weighted by Gasteiger charge is -2.42. The number of fused-ring (bicyclic) bond motifs is 2. The number of nitrogens with zero attached hydrogens (tertiary/aromatic N) is 3. The Morgan fingerprint density at radius 3 is 2.70 bits per heavy atom. The molecule has 3 aliphatic rings. The zero-order valence-corrected chi connectivity index (χ0v) is 16.9. The number of aliphatic hydroxyl groups is 1. The molecule has 2 heterocycles. The van der Waals surface area contributed by atoms with E-state index in [1.54, 1.807) is 0 Å². The Kier molecular flexibility index (Phi) is 4.77. The molecule has 1 aromatic carbocycles. The molecular weight excluding hydrogens is 338 g/mol. The molecule has 2 unspecified atom stereocenters. The van der Waals surface area contributed by atoms with Gasteiger partial charge in [0.05, 0.1) is 5.92 Å². The summed E-state index contributed by atoms with van der Waals surface area (Å²) in [5.74, 6) is 0.603. The second-order valence-electron chi connectivity index (χ2n) is 8.15. The number of carbonyl (C=O) groups is 1. The normalized spacial score (nSPS) is 27.7. The highest BCUT2D eigenvalue weighted by molar-refractivity contribution is 5.87. The predicted octanol–water partition coefficient (Wildman–Crippen LogP) is 2.51. The van der Waals surface area contributed by atoms with Crippen molar-refractivity contribution in [3.8, 4) is 0 Å². The van der Waals surface area contributed by atoms with Crippen LogP contribution in [0.5, 0.6) is 0 Å². The third-order valence-corrected chi connectivity index (χ3v) is 6.64. The van der Waals surface area contributed by atoms with E-state index in [4.69, 9.17) is 0 Å². The Balaban J connectivity index is 1.76. The highest BCUT2D eigenvalue weighted by atomic mass is 16.3. The molecule has 0 bridgehead atoms. The molecule has 4 rings (SSSR count). The maximum Gasteiger partial charge on any atom is 0.230 e. The first-order chi connectivity index (χ1) is 13.0. The molecule has 1 aliphatic carbocycles. The highest BCUT2D eigenvalue weighted by Crippen LogP contribution is 2.50. The lowest BCUT2D eigenvalue weighted by molar-refractivity contribution is -0.134. The largest absolute Gasteiger partial charge is 0.374 e. The summed E-state index contributed by atoms with van der Waals surface area (Å²) in [7, 11) is 2.15. The van der Waals surface area contributed by atoms with Gasteiger partial charge in [-0.15, -0.1) is 0 Å². The van der Waals surface area contributed by atoms with E-state index in [-0.39, 0.29) is 11.8 Å².